The number of pyridine rings is 1. The van der Waals surface area contributed by atoms with Crippen LogP contribution in [0.5, 0.6) is 0 Å². The third-order valence-corrected chi connectivity index (χ3v) is 7.52. The van der Waals surface area contributed by atoms with Crippen molar-refractivity contribution in [2.45, 2.75) is 46.1 Å². The van der Waals surface area contributed by atoms with E-state index < -0.39 is 0 Å². The lowest BCUT2D eigenvalue weighted by atomic mass is 9.81. The van der Waals surface area contributed by atoms with Gasteiger partial charge in [0.25, 0.3) is 11.8 Å². The Kier molecular flexibility index (Phi) is 9.55. The fourth-order valence-electron chi connectivity index (χ4n) is 5.29. The van der Waals surface area contributed by atoms with Crippen LogP contribution >= 0.6 is 0 Å². The van der Waals surface area contributed by atoms with Crippen LogP contribution in [-0.4, -0.2) is 53.6 Å². The van der Waals surface area contributed by atoms with E-state index in [1.54, 1.807) is 37.5 Å². The maximum absolute atomic E-state index is 13.5. The van der Waals surface area contributed by atoms with Gasteiger partial charge in [-0.15, -0.1) is 0 Å². The third kappa shape index (κ3) is 7.20. The number of nitrogens with two attached hydrogens (primary N) is 1. The molecule has 2 amide bonds. The lowest BCUT2D eigenvalue weighted by Crippen LogP contribution is -2.42. The number of aromatic nitrogens is 1. The second-order valence-corrected chi connectivity index (χ2v) is 10.9. The number of carbonyl (C=O) groups excluding carboxylic acids is 2. The van der Waals surface area contributed by atoms with Crippen LogP contribution in [0.25, 0.3) is 0 Å². The quantitative estimate of drug-likeness (QED) is 0.314. The van der Waals surface area contributed by atoms with Gasteiger partial charge in [0.05, 0.1) is 11.3 Å². The van der Waals surface area contributed by atoms with Crippen molar-refractivity contribution < 1.29 is 9.59 Å². The zero-order chi connectivity index (χ0) is 29.5. The van der Waals surface area contributed by atoms with Crippen LogP contribution in [0.3, 0.4) is 0 Å². The van der Waals surface area contributed by atoms with Crippen LogP contribution in [0, 0.1) is 12.8 Å². The zero-order valence-corrected chi connectivity index (χ0v) is 24.5. The van der Waals surface area contributed by atoms with Crippen LogP contribution in [0.1, 0.15) is 70.5 Å². The van der Waals surface area contributed by atoms with Crippen LogP contribution in [-0.2, 0) is 0 Å². The summed E-state index contributed by atoms with van der Waals surface area (Å²) in [6, 6.07) is 17.7. The molecule has 8 nitrogen and oxygen atoms in total. The van der Waals surface area contributed by atoms with E-state index in [4.69, 9.17) is 5.73 Å². The molecule has 1 aliphatic rings. The average Bonchev–Trinajstić information content (AvgIpc) is 2.97. The Bertz CT molecular complexity index is 1430. The molecule has 0 radical (unpaired) electrons. The van der Waals surface area contributed by atoms with Crippen LogP contribution in [0.15, 0.2) is 78.1 Å². The van der Waals surface area contributed by atoms with E-state index in [9.17, 15) is 9.59 Å². The fourth-order valence-corrected chi connectivity index (χ4v) is 5.29. The summed E-state index contributed by atoms with van der Waals surface area (Å²) in [5, 5.41) is 6.17. The van der Waals surface area contributed by atoms with E-state index in [2.05, 4.69) is 51.8 Å². The number of likely N-dealkylation sites (tertiary alicyclic amines) is 1. The predicted octanol–water partition coefficient (Wildman–Crippen LogP) is 5.62. The molecule has 1 aliphatic heterocycles. The van der Waals surface area contributed by atoms with Crippen molar-refractivity contribution in [2.75, 3.05) is 30.8 Å². The fraction of sp³-hybridized carbons (Fsp3) is 0.333. The van der Waals surface area contributed by atoms with Crippen molar-refractivity contribution in [3.05, 3.63) is 101 Å². The number of benzene rings is 2. The maximum atomic E-state index is 13.5. The van der Waals surface area contributed by atoms with Gasteiger partial charge in [-0.1, -0.05) is 37.3 Å². The molecule has 1 aromatic heterocycles. The Morgan fingerprint density at radius 3 is 2.39 bits per heavy atom. The Hall–Kier alpha value is -4.46. The minimum Gasteiger partial charge on any atom is -0.405 e. The molecule has 1 saturated heterocycles. The lowest BCUT2D eigenvalue weighted by molar-refractivity contribution is 0.0660. The van der Waals surface area contributed by atoms with E-state index in [0.29, 0.717) is 41.7 Å². The molecule has 41 heavy (non-hydrogen) atoms. The number of rotatable bonds is 8. The second kappa shape index (κ2) is 13.3. The van der Waals surface area contributed by atoms with Gasteiger partial charge in [-0.25, -0.2) is 4.98 Å². The van der Waals surface area contributed by atoms with Crippen molar-refractivity contribution in [2.24, 2.45) is 16.6 Å². The standard InChI is InChI=1S/C33H40N6O2/c1-21(2)37-31-13-12-27(19-36-31)32(40)38-30-18-26(7-6-22(30)3)33(41)39-17-15-28(23(4)20-39)24-8-10-25(11-9-24)29(35-5)14-16-34/h6-14,16,18-19,21,23,28H,15,17,20,34H2,1-5H3,(H,36,37)(H,38,40). The molecule has 0 aliphatic carbocycles. The summed E-state index contributed by atoms with van der Waals surface area (Å²) in [7, 11) is 1.75. The minimum absolute atomic E-state index is 0.0238. The SMILES string of the molecule is CN=C(C=CN)c1ccc(C2CCN(C(=O)c3ccc(C)c(NC(=O)c4ccc(NC(C)C)nc4)c3)CC2C)cc1. The summed E-state index contributed by atoms with van der Waals surface area (Å²) < 4.78 is 0. The number of nitrogens with zero attached hydrogens (tertiary/aromatic N) is 3. The van der Waals surface area contributed by atoms with Gasteiger partial charge in [-0.2, -0.15) is 0 Å². The number of anilines is 2. The Morgan fingerprint density at radius 2 is 1.78 bits per heavy atom. The number of carbonyl (C=O) groups is 2. The van der Waals surface area contributed by atoms with Gasteiger partial charge in [-0.3, -0.25) is 14.6 Å². The molecule has 0 bridgehead atoms. The van der Waals surface area contributed by atoms with Gasteiger partial charge in [0, 0.05) is 43.6 Å². The van der Waals surface area contributed by atoms with Gasteiger partial charge in [0.15, 0.2) is 0 Å². The number of hydrogen-bond donors (Lipinski definition) is 3. The summed E-state index contributed by atoms with van der Waals surface area (Å²) in [4.78, 5) is 37.0. The summed E-state index contributed by atoms with van der Waals surface area (Å²) in [6.45, 7) is 9.51. The molecule has 4 rings (SSSR count). The highest BCUT2D eigenvalue weighted by molar-refractivity contribution is 6.08. The zero-order valence-electron chi connectivity index (χ0n) is 24.5. The monoisotopic (exact) mass is 552 g/mol. The van der Waals surface area contributed by atoms with E-state index in [1.165, 1.54) is 11.8 Å². The van der Waals surface area contributed by atoms with Crippen molar-refractivity contribution in [3.8, 4) is 0 Å². The number of nitrogens with one attached hydrogen (secondary N) is 2. The first kappa shape index (κ1) is 29.5. The summed E-state index contributed by atoms with van der Waals surface area (Å²) in [5.41, 5.74) is 11.2. The number of piperidine rings is 1. The van der Waals surface area contributed by atoms with Crippen molar-refractivity contribution in [1.82, 2.24) is 9.88 Å². The van der Waals surface area contributed by atoms with E-state index in [1.807, 2.05) is 37.8 Å². The predicted molar refractivity (Wildman–Crippen MR) is 167 cm³/mol. The molecule has 2 unspecified atom stereocenters. The minimum atomic E-state index is -0.266. The number of amides is 2. The highest BCUT2D eigenvalue weighted by Crippen LogP contribution is 2.34. The molecule has 4 N–H and O–H groups in total. The molecule has 2 atom stereocenters. The Balaban J connectivity index is 1.41. The third-order valence-electron chi connectivity index (χ3n) is 7.52. The number of allylic oxidation sites excluding steroid dienone is 1. The van der Waals surface area contributed by atoms with Crippen LogP contribution in [0.4, 0.5) is 11.5 Å². The topological polar surface area (TPSA) is 113 Å². The van der Waals surface area contributed by atoms with E-state index >= 15 is 0 Å². The molecule has 3 aromatic rings. The smallest absolute Gasteiger partial charge is 0.257 e. The first-order valence-corrected chi connectivity index (χ1v) is 14.1. The Labute approximate surface area is 242 Å². The van der Waals surface area contributed by atoms with Gasteiger partial charge in [0.2, 0.25) is 0 Å². The summed E-state index contributed by atoms with van der Waals surface area (Å²) in [5.74, 6) is 1.09. The highest BCUT2D eigenvalue weighted by atomic mass is 16.2. The Morgan fingerprint density at radius 1 is 1.07 bits per heavy atom. The summed E-state index contributed by atoms with van der Waals surface area (Å²) in [6.07, 6.45) is 5.73. The van der Waals surface area contributed by atoms with Gasteiger partial charge < -0.3 is 21.3 Å². The van der Waals surface area contributed by atoms with Crippen LogP contribution < -0.4 is 16.4 Å². The molecule has 8 heteroatoms. The first-order chi connectivity index (χ1) is 19.7. The van der Waals surface area contributed by atoms with Crippen LogP contribution in [0.2, 0.25) is 0 Å². The van der Waals surface area contributed by atoms with E-state index in [-0.39, 0.29) is 17.9 Å². The number of aryl methyl sites for hydroxylation is 1. The number of aliphatic imine (C=N–C) groups is 1. The van der Waals surface area contributed by atoms with E-state index in [0.717, 1.165) is 29.1 Å². The lowest BCUT2D eigenvalue weighted by Gasteiger charge is -2.37. The van der Waals surface area contributed by atoms with Crippen molar-refractivity contribution in [1.29, 1.82) is 0 Å². The molecular formula is C33H40N6O2. The van der Waals surface area contributed by atoms with Gasteiger partial charge in [-0.05, 0) is 92.3 Å². The highest BCUT2D eigenvalue weighted by Gasteiger charge is 2.30. The normalized spacial score (nSPS) is 17.6. The van der Waals surface area contributed by atoms with Crippen molar-refractivity contribution in [3.63, 3.8) is 0 Å². The molecule has 214 valence electrons. The molecule has 2 aromatic carbocycles. The number of hydrogen-bond acceptors (Lipinski definition) is 6. The molecule has 0 saturated carbocycles. The molecule has 1 fully saturated rings. The molecule has 2 heterocycles. The first-order valence-electron chi connectivity index (χ1n) is 14.1. The van der Waals surface area contributed by atoms with Gasteiger partial charge >= 0.3 is 0 Å². The van der Waals surface area contributed by atoms with Gasteiger partial charge in [0.1, 0.15) is 5.82 Å². The van der Waals surface area contributed by atoms with Crippen molar-refractivity contribution >= 4 is 29.0 Å². The average molecular weight is 553 g/mol. The maximum Gasteiger partial charge on any atom is 0.257 e. The largest absolute Gasteiger partial charge is 0.405 e. The molecule has 0 spiro atoms. The second-order valence-electron chi connectivity index (χ2n) is 10.9. The molecular weight excluding hydrogens is 512 g/mol. The summed E-state index contributed by atoms with van der Waals surface area (Å²) >= 11 is 0.